The Kier molecular flexibility index (Phi) is 6.14. The molecule has 1 aliphatic rings. The molecule has 156 valence electrons. The minimum absolute atomic E-state index is 0.0915. The van der Waals surface area contributed by atoms with E-state index >= 15 is 0 Å². The van der Waals surface area contributed by atoms with Gasteiger partial charge < -0.3 is 15.5 Å². The molecule has 0 spiro atoms. The molecule has 0 bridgehead atoms. The molecule has 0 saturated carbocycles. The average molecular weight is 406 g/mol. The van der Waals surface area contributed by atoms with Crippen LogP contribution in [-0.4, -0.2) is 48.0 Å². The number of aromatic nitrogens is 1. The highest BCUT2D eigenvalue weighted by molar-refractivity contribution is 5.99. The van der Waals surface area contributed by atoms with Crippen molar-refractivity contribution in [1.82, 2.24) is 20.7 Å². The molecule has 2 aromatic carbocycles. The Labute approximate surface area is 175 Å². The lowest BCUT2D eigenvalue weighted by Gasteiger charge is -2.14. The average Bonchev–Trinajstić information content (AvgIpc) is 3.44. The van der Waals surface area contributed by atoms with E-state index in [0.29, 0.717) is 17.9 Å². The van der Waals surface area contributed by atoms with Crippen LogP contribution in [0.25, 0.3) is 10.9 Å². The highest BCUT2D eigenvalue weighted by atomic mass is 16.5. The van der Waals surface area contributed by atoms with E-state index in [-0.39, 0.29) is 11.9 Å². The zero-order valence-corrected chi connectivity index (χ0v) is 16.7. The first-order chi connectivity index (χ1) is 14.7. The van der Waals surface area contributed by atoms with E-state index in [1.54, 1.807) is 12.1 Å². The summed E-state index contributed by atoms with van der Waals surface area (Å²) in [7, 11) is 0. The second-order valence-corrected chi connectivity index (χ2v) is 7.25. The Hall–Kier alpha value is -3.52. The van der Waals surface area contributed by atoms with E-state index in [9.17, 15) is 4.79 Å². The Morgan fingerprint density at radius 1 is 1.10 bits per heavy atom. The van der Waals surface area contributed by atoms with Crippen molar-refractivity contribution < 1.29 is 9.53 Å². The van der Waals surface area contributed by atoms with Crippen molar-refractivity contribution in [1.29, 1.82) is 0 Å². The molecular formula is C22H26N6O2. The van der Waals surface area contributed by atoms with Gasteiger partial charge in [-0.25, -0.2) is 4.99 Å². The zero-order valence-electron chi connectivity index (χ0n) is 16.7. The first-order valence-electron chi connectivity index (χ1n) is 10.1. The Bertz CT molecular complexity index is 1020. The number of aliphatic imine (C=N–C) groups is 1. The summed E-state index contributed by atoms with van der Waals surface area (Å²) in [5.74, 6) is 0.597. The van der Waals surface area contributed by atoms with Gasteiger partial charge in [-0.2, -0.15) is 0 Å². The van der Waals surface area contributed by atoms with Crippen molar-refractivity contribution >= 4 is 28.5 Å². The van der Waals surface area contributed by atoms with Crippen LogP contribution in [-0.2, 0) is 0 Å². The van der Waals surface area contributed by atoms with E-state index in [4.69, 9.17) is 10.5 Å². The summed E-state index contributed by atoms with van der Waals surface area (Å²) in [6, 6.07) is 14.7. The fraction of sp³-hybridized carbons (Fsp3) is 0.273. The van der Waals surface area contributed by atoms with Crippen LogP contribution in [0.2, 0.25) is 0 Å². The van der Waals surface area contributed by atoms with Gasteiger partial charge in [0.05, 0.1) is 5.69 Å². The van der Waals surface area contributed by atoms with Crippen LogP contribution in [0.5, 0.6) is 5.75 Å². The number of hydrazine groups is 1. The Morgan fingerprint density at radius 3 is 2.70 bits per heavy atom. The molecule has 3 aromatic rings. The summed E-state index contributed by atoms with van der Waals surface area (Å²) in [6.45, 7) is 3.96. The topological polar surface area (TPSA) is 108 Å². The number of H-pyrrole nitrogens is 1. The van der Waals surface area contributed by atoms with Crippen LogP contribution in [0.3, 0.4) is 0 Å². The van der Waals surface area contributed by atoms with Gasteiger partial charge in [0.2, 0.25) is 5.96 Å². The van der Waals surface area contributed by atoms with Crippen LogP contribution in [0.1, 0.15) is 23.2 Å². The van der Waals surface area contributed by atoms with Crippen LogP contribution < -0.4 is 21.3 Å². The first-order valence-corrected chi connectivity index (χ1v) is 10.1. The summed E-state index contributed by atoms with van der Waals surface area (Å²) in [4.78, 5) is 22.0. The lowest BCUT2D eigenvalue weighted by atomic mass is 10.1. The lowest BCUT2D eigenvalue weighted by Crippen LogP contribution is -2.45. The summed E-state index contributed by atoms with van der Waals surface area (Å²) in [6.07, 6.45) is 4.40. The molecular weight excluding hydrogens is 380 g/mol. The Morgan fingerprint density at radius 2 is 1.90 bits per heavy atom. The molecule has 4 rings (SSSR count). The number of carbonyl (C=O) groups is 1. The maximum Gasteiger partial charge on any atom is 0.269 e. The van der Waals surface area contributed by atoms with Crippen LogP contribution >= 0.6 is 0 Å². The molecule has 1 saturated heterocycles. The second-order valence-electron chi connectivity index (χ2n) is 7.25. The molecule has 0 atom stereocenters. The summed E-state index contributed by atoms with van der Waals surface area (Å²) < 4.78 is 5.78. The third kappa shape index (κ3) is 5.09. The van der Waals surface area contributed by atoms with Crippen LogP contribution in [0.4, 0.5) is 5.69 Å². The third-order valence-corrected chi connectivity index (χ3v) is 5.08. The highest BCUT2D eigenvalue weighted by Crippen LogP contribution is 2.18. The minimum Gasteiger partial charge on any atom is -0.492 e. The van der Waals surface area contributed by atoms with Gasteiger partial charge in [0.1, 0.15) is 12.4 Å². The van der Waals surface area contributed by atoms with Gasteiger partial charge in [-0.05, 0) is 74.5 Å². The number of likely N-dealkylation sites (tertiary alicyclic amines) is 1. The number of fused-ring (bicyclic) bond motifs is 1. The molecule has 1 amide bonds. The second kappa shape index (κ2) is 9.32. The van der Waals surface area contributed by atoms with Gasteiger partial charge in [0.25, 0.3) is 5.91 Å². The maximum absolute atomic E-state index is 12.3. The van der Waals surface area contributed by atoms with Crippen molar-refractivity contribution in [2.24, 2.45) is 10.7 Å². The number of hydrogen-bond acceptors (Lipinski definition) is 4. The molecule has 0 aliphatic carbocycles. The maximum atomic E-state index is 12.3. The molecule has 2 heterocycles. The number of benzene rings is 2. The molecule has 8 nitrogen and oxygen atoms in total. The van der Waals surface area contributed by atoms with Gasteiger partial charge in [-0.1, -0.05) is 0 Å². The molecule has 8 heteroatoms. The molecule has 1 fully saturated rings. The van der Waals surface area contributed by atoms with Crippen molar-refractivity contribution in [3.63, 3.8) is 0 Å². The summed E-state index contributed by atoms with van der Waals surface area (Å²) in [5.41, 5.74) is 13.2. The van der Waals surface area contributed by atoms with Gasteiger partial charge in [0.15, 0.2) is 0 Å². The normalized spacial score (nSPS) is 14.7. The van der Waals surface area contributed by atoms with Crippen molar-refractivity contribution in [3.8, 4) is 5.75 Å². The number of nitrogens with one attached hydrogen (secondary N) is 3. The highest BCUT2D eigenvalue weighted by Gasteiger charge is 2.10. The number of nitrogens with zero attached hydrogens (tertiary/aromatic N) is 2. The smallest absolute Gasteiger partial charge is 0.269 e. The predicted octanol–water partition coefficient (Wildman–Crippen LogP) is 2.52. The van der Waals surface area contributed by atoms with E-state index in [2.05, 4.69) is 25.7 Å². The fourth-order valence-electron chi connectivity index (χ4n) is 3.47. The predicted molar refractivity (Wildman–Crippen MR) is 118 cm³/mol. The van der Waals surface area contributed by atoms with Crippen molar-refractivity contribution in [2.45, 2.75) is 12.8 Å². The SMILES string of the molecule is NC(=Nc1ccc(OCCN2CCCC2)cc1)NNC(=O)c1ccc2[nH]ccc2c1. The van der Waals surface area contributed by atoms with E-state index in [1.807, 2.05) is 42.6 Å². The number of carbonyl (C=O) groups excluding carboxylic acids is 1. The largest absolute Gasteiger partial charge is 0.492 e. The number of ether oxygens (including phenoxy) is 1. The van der Waals surface area contributed by atoms with Gasteiger partial charge >= 0.3 is 0 Å². The summed E-state index contributed by atoms with van der Waals surface area (Å²) >= 11 is 0. The van der Waals surface area contributed by atoms with Gasteiger partial charge in [-0.15, -0.1) is 0 Å². The number of nitrogens with two attached hydrogens (primary N) is 1. The number of hydrogen-bond donors (Lipinski definition) is 4. The first kappa shape index (κ1) is 19.8. The number of amides is 1. The zero-order chi connectivity index (χ0) is 20.8. The van der Waals surface area contributed by atoms with Gasteiger partial charge in [-0.3, -0.25) is 20.5 Å². The number of aromatic amines is 1. The molecule has 1 aromatic heterocycles. The van der Waals surface area contributed by atoms with Crippen LogP contribution in [0.15, 0.2) is 59.7 Å². The quantitative estimate of drug-likeness (QED) is 0.286. The standard InChI is InChI=1S/C22H26N6O2/c23-22(27-26-21(29)17-3-8-20-16(15-17)9-10-24-20)25-18-4-6-19(7-5-18)30-14-13-28-11-1-2-12-28/h3-10,15,24H,1-2,11-14H2,(H,26,29)(H3,23,25,27). The monoisotopic (exact) mass is 406 g/mol. The molecule has 5 N–H and O–H groups in total. The molecule has 30 heavy (non-hydrogen) atoms. The Balaban J connectivity index is 1.25. The van der Waals surface area contributed by atoms with E-state index < -0.39 is 0 Å². The minimum atomic E-state index is -0.294. The molecule has 0 radical (unpaired) electrons. The summed E-state index contributed by atoms with van der Waals surface area (Å²) in [5, 5.41) is 0.965. The van der Waals surface area contributed by atoms with Crippen molar-refractivity contribution in [3.05, 3.63) is 60.3 Å². The van der Waals surface area contributed by atoms with Crippen molar-refractivity contribution in [2.75, 3.05) is 26.2 Å². The number of rotatable bonds is 6. The fourth-order valence-corrected chi connectivity index (χ4v) is 3.47. The van der Waals surface area contributed by atoms with E-state index in [1.165, 1.54) is 25.9 Å². The van der Waals surface area contributed by atoms with E-state index in [0.717, 1.165) is 23.2 Å². The molecule has 1 aliphatic heterocycles. The third-order valence-electron chi connectivity index (χ3n) is 5.08. The molecule has 0 unspecified atom stereocenters. The lowest BCUT2D eigenvalue weighted by molar-refractivity contribution is 0.0943. The number of guanidine groups is 1. The van der Waals surface area contributed by atoms with Crippen LogP contribution in [0, 0.1) is 0 Å². The van der Waals surface area contributed by atoms with Gasteiger partial charge in [0, 0.05) is 29.2 Å².